The molecule has 0 atom stereocenters. The van der Waals surface area contributed by atoms with E-state index in [1.807, 2.05) is 0 Å². The zero-order valence-electron chi connectivity index (χ0n) is 10.2. The van der Waals surface area contributed by atoms with Gasteiger partial charge in [0.2, 0.25) is 0 Å². The molecule has 20 heavy (non-hydrogen) atoms. The van der Waals surface area contributed by atoms with Crippen LogP contribution in [0.2, 0.25) is 0 Å². The van der Waals surface area contributed by atoms with Crippen LogP contribution in [0, 0.1) is 0 Å². The Morgan fingerprint density at radius 2 is 1.20 bits per heavy atom. The molecule has 10 heteroatoms. The molecule has 2 heterocycles. The van der Waals surface area contributed by atoms with E-state index in [0.717, 1.165) is 9.36 Å². The summed E-state index contributed by atoms with van der Waals surface area (Å²) < 4.78 is 51.0. The first-order chi connectivity index (χ1) is 9.36. The second-order valence-electron chi connectivity index (χ2n) is 4.09. The predicted octanol–water partition coefficient (Wildman–Crippen LogP) is 1.44. The number of anilines is 2. The summed E-state index contributed by atoms with van der Waals surface area (Å²) in [5, 5.41) is 7.68. The quantitative estimate of drug-likeness (QED) is 0.816. The van der Waals surface area contributed by atoms with E-state index >= 15 is 0 Å². The van der Waals surface area contributed by atoms with Crippen LogP contribution in [0.4, 0.5) is 28.9 Å². The monoisotopic (exact) mass is 292 g/mol. The number of hydrogen-bond donors (Lipinski definition) is 2. The molecule has 0 aliphatic heterocycles. The smallest absolute Gasteiger partial charge is 0.257 e. The third-order valence-corrected chi connectivity index (χ3v) is 2.45. The maximum Gasteiger partial charge on any atom is 0.257 e. The maximum absolute atomic E-state index is 12.3. The molecule has 0 aromatic carbocycles. The van der Waals surface area contributed by atoms with Crippen LogP contribution < -0.4 is 11.5 Å². The van der Waals surface area contributed by atoms with Crippen molar-refractivity contribution in [2.24, 2.45) is 0 Å². The maximum atomic E-state index is 12.3. The molecule has 0 saturated heterocycles. The van der Waals surface area contributed by atoms with Gasteiger partial charge in [0.05, 0.1) is 11.4 Å². The lowest BCUT2D eigenvalue weighted by Crippen LogP contribution is -2.07. The van der Waals surface area contributed by atoms with E-state index in [2.05, 4.69) is 10.2 Å². The highest BCUT2D eigenvalue weighted by Crippen LogP contribution is 2.28. The summed E-state index contributed by atoms with van der Waals surface area (Å²) in [6, 6.07) is 0. The number of nitrogens with two attached hydrogens (primary N) is 2. The number of hydrogen-bond acceptors (Lipinski definition) is 4. The second-order valence-corrected chi connectivity index (χ2v) is 4.09. The molecule has 110 valence electrons. The van der Waals surface area contributed by atoms with Gasteiger partial charge in [0.15, 0.2) is 0 Å². The Balaban J connectivity index is 2.31. The molecule has 0 aliphatic rings. The Morgan fingerprint density at radius 3 is 1.50 bits per heavy atom. The van der Waals surface area contributed by atoms with Crippen molar-refractivity contribution >= 4 is 11.4 Å². The minimum absolute atomic E-state index is 0.0937. The number of alkyl halides is 4. The van der Waals surface area contributed by atoms with Gasteiger partial charge in [0.1, 0.15) is 24.5 Å². The van der Waals surface area contributed by atoms with Gasteiger partial charge in [0.25, 0.3) is 12.9 Å². The van der Waals surface area contributed by atoms with E-state index in [4.69, 9.17) is 11.5 Å². The van der Waals surface area contributed by atoms with Crippen molar-refractivity contribution in [1.82, 2.24) is 19.6 Å². The fourth-order valence-electron chi connectivity index (χ4n) is 1.71. The van der Waals surface area contributed by atoms with E-state index in [1.54, 1.807) is 0 Å². The molecule has 4 N–H and O–H groups in total. The predicted molar refractivity (Wildman–Crippen MR) is 64.3 cm³/mol. The third-order valence-electron chi connectivity index (χ3n) is 2.45. The summed E-state index contributed by atoms with van der Waals surface area (Å²) in [5.41, 5.74) is 11.7. The minimum atomic E-state index is -2.59. The fraction of sp³-hybridized carbons (Fsp3) is 0.400. The zero-order valence-corrected chi connectivity index (χ0v) is 10.2. The highest BCUT2D eigenvalue weighted by Gasteiger charge is 2.18. The molecule has 2 aromatic rings. The van der Waals surface area contributed by atoms with Gasteiger partial charge >= 0.3 is 0 Å². The van der Waals surface area contributed by atoms with Crippen molar-refractivity contribution < 1.29 is 17.6 Å². The van der Waals surface area contributed by atoms with Crippen LogP contribution in [-0.4, -0.2) is 32.4 Å². The lowest BCUT2D eigenvalue weighted by atomic mass is 10.2. The number of nitrogen functional groups attached to an aromatic ring is 2. The van der Waals surface area contributed by atoms with Crippen LogP contribution in [0.5, 0.6) is 0 Å². The molecule has 6 nitrogen and oxygen atoms in total. The summed E-state index contributed by atoms with van der Waals surface area (Å²) in [7, 11) is 0. The highest BCUT2D eigenvalue weighted by atomic mass is 19.3. The summed E-state index contributed by atoms with van der Waals surface area (Å²) >= 11 is 0. The Labute approximate surface area is 111 Å². The van der Waals surface area contributed by atoms with E-state index in [-0.39, 0.29) is 22.8 Å². The van der Waals surface area contributed by atoms with Crippen LogP contribution in [0.3, 0.4) is 0 Å². The largest absolute Gasteiger partial charge is 0.396 e. The van der Waals surface area contributed by atoms with Crippen LogP contribution in [-0.2, 0) is 13.1 Å². The molecule has 0 amide bonds. The van der Waals surface area contributed by atoms with E-state index in [0.29, 0.717) is 0 Å². The molecular formula is C10H12F4N6. The number of rotatable bonds is 5. The summed E-state index contributed by atoms with van der Waals surface area (Å²) in [5.74, 6) is 0. The zero-order chi connectivity index (χ0) is 14.9. The first-order valence-corrected chi connectivity index (χ1v) is 5.59. The standard InChI is InChI=1S/C10H12F4N6/c11-7(12)3-19-1-5(15)9(17-19)10-6(16)2-20(18-10)4-8(13)14/h1-2,7-8H,3-4,15-16H2. The van der Waals surface area contributed by atoms with Gasteiger partial charge in [-0.1, -0.05) is 0 Å². The molecule has 2 aromatic heterocycles. The topological polar surface area (TPSA) is 87.7 Å². The third kappa shape index (κ3) is 3.00. The van der Waals surface area contributed by atoms with E-state index in [1.165, 1.54) is 12.4 Å². The van der Waals surface area contributed by atoms with Gasteiger partial charge in [-0.2, -0.15) is 10.2 Å². The van der Waals surface area contributed by atoms with Crippen LogP contribution >= 0.6 is 0 Å². The van der Waals surface area contributed by atoms with Crippen molar-refractivity contribution in [3.63, 3.8) is 0 Å². The van der Waals surface area contributed by atoms with Crippen molar-refractivity contribution in [3.8, 4) is 11.4 Å². The SMILES string of the molecule is Nc1cn(CC(F)F)nc1-c1nn(CC(F)F)cc1N. The molecule has 2 rings (SSSR count). The van der Waals surface area contributed by atoms with E-state index < -0.39 is 25.9 Å². The van der Waals surface area contributed by atoms with Gasteiger partial charge in [-0.3, -0.25) is 9.36 Å². The molecule has 0 spiro atoms. The molecule has 0 radical (unpaired) electrons. The van der Waals surface area contributed by atoms with Crippen molar-refractivity contribution in [1.29, 1.82) is 0 Å². The van der Waals surface area contributed by atoms with E-state index in [9.17, 15) is 17.6 Å². The highest BCUT2D eigenvalue weighted by molar-refractivity contribution is 5.77. The van der Waals surface area contributed by atoms with Crippen LogP contribution in [0.15, 0.2) is 12.4 Å². The Kier molecular flexibility index (Phi) is 3.81. The Morgan fingerprint density at radius 1 is 0.850 bits per heavy atom. The van der Waals surface area contributed by atoms with Gasteiger partial charge < -0.3 is 11.5 Å². The molecule has 0 unspecified atom stereocenters. The normalized spacial score (nSPS) is 11.7. The Bertz CT molecular complexity index is 538. The number of halogens is 4. The average Bonchev–Trinajstić information content (AvgIpc) is 2.80. The molecular weight excluding hydrogens is 280 g/mol. The van der Waals surface area contributed by atoms with Crippen molar-refractivity contribution in [2.45, 2.75) is 25.9 Å². The van der Waals surface area contributed by atoms with Crippen LogP contribution in [0.1, 0.15) is 0 Å². The summed E-state index contributed by atoms with van der Waals surface area (Å²) in [4.78, 5) is 0. The summed E-state index contributed by atoms with van der Waals surface area (Å²) in [6.07, 6.45) is -2.74. The van der Waals surface area contributed by atoms with Crippen LogP contribution in [0.25, 0.3) is 11.4 Å². The van der Waals surface area contributed by atoms with Gasteiger partial charge in [-0.25, -0.2) is 17.6 Å². The minimum Gasteiger partial charge on any atom is -0.396 e. The summed E-state index contributed by atoms with van der Waals surface area (Å²) in [6.45, 7) is -1.25. The first kappa shape index (κ1) is 14.2. The van der Waals surface area contributed by atoms with Gasteiger partial charge in [0, 0.05) is 12.4 Å². The Hall–Kier alpha value is -2.26. The van der Waals surface area contributed by atoms with Gasteiger partial charge in [-0.05, 0) is 0 Å². The average molecular weight is 292 g/mol. The van der Waals surface area contributed by atoms with Crippen molar-refractivity contribution in [3.05, 3.63) is 12.4 Å². The van der Waals surface area contributed by atoms with Gasteiger partial charge in [-0.15, -0.1) is 0 Å². The first-order valence-electron chi connectivity index (χ1n) is 5.59. The van der Waals surface area contributed by atoms with Crippen molar-refractivity contribution in [2.75, 3.05) is 11.5 Å². The molecule has 0 bridgehead atoms. The fourth-order valence-corrected chi connectivity index (χ4v) is 1.71. The number of nitrogens with zero attached hydrogens (tertiary/aromatic N) is 4. The lowest BCUT2D eigenvalue weighted by molar-refractivity contribution is 0.121. The molecule has 0 aliphatic carbocycles. The lowest BCUT2D eigenvalue weighted by Gasteiger charge is -1.99. The second kappa shape index (κ2) is 5.39. The number of aromatic nitrogens is 4. The molecule has 0 saturated carbocycles. The molecule has 0 fully saturated rings.